The lowest BCUT2D eigenvalue weighted by Crippen LogP contribution is -2.43. The van der Waals surface area contributed by atoms with Gasteiger partial charge in [0.2, 0.25) is 0 Å². The minimum absolute atomic E-state index is 0.0741. The molecular formula is C12H14F3N3O2. The summed E-state index contributed by atoms with van der Waals surface area (Å²) in [5.41, 5.74) is -1.39. The third-order valence-corrected chi connectivity index (χ3v) is 3.21. The number of non-ortho nitro benzene ring substituents is 1. The van der Waals surface area contributed by atoms with E-state index in [4.69, 9.17) is 0 Å². The molecule has 1 aliphatic rings. The van der Waals surface area contributed by atoms with Gasteiger partial charge in [0.1, 0.15) is 0 Å². The van der Waals surface area contributed by atoms with Crippen LogP contribution in [-0.4, -0.2) is 36.0 Å². The van der Waals surface area contributed by atoms with Gasteiger partial charge in [0.25, 0.3) is 5.69 Å². The molecule has 0 aliphatic carbocycles. The van der Waals surface area contributed by atoms with Crippen molar-refractivity contribution < 1.29 is 18.1 Å². The van der Waals surface area contributed by atoms with Gasteiger partial charge in [-0.1, -0.05) is 6.07 Å². The third-order valence-electron chi connectivity index (χ3n) is 3.21. The number of nitro benzene ring substituents is 1. The molecule has 0 aromatic heterocycles. The highest BCUT2D eigenvalue weighted by Gasteiger charge is 2.35. The fraction of sp³-hybridized carbons (Fsp3) is 0.500. The monoisotopic (exact) mass is 289 g/mol. The number of alkyl halides is 3. The van der Waals surface area contributed by atoms with E-state index in [1.807, 2.05) is 4.90 Å². The van der Waals surface area contributed by atoms with E-state index in [-0.39, 0.29) is 12.1 Å². The largest absolute Gasteiger partial charge is 0.416 e. The topological polar surface area (TPSA) is 58.4 Å². The Balaban J connectivity index is 2.28. The maximum absolute atomic E-state index is 13.0. The molecule has 0 saturated carbocycles. The van der Waals surface area contributed by atoms with Gasteiger partial charge in [-0.25, -0.2) is 0 Å². The lowest BCUT2D eigenvalue weighted by Gasteiger charge is -2.28. The Hall–Kier alpha value is -1.67. The number of nitro groups is 1. The summed E-state index contributed by atoms with van der Waals surface area (Å²) < 4.78 is 39.0. The van der Waals surface area contributed by atoms with Crippen molar-refractivity contribution in [2.45, 2.75) is 12.7 Å². The highest BCUT2D eigenvalue weighted by Crippen LogP contribution is 2.34. The summed E-state index contributed by atoms with van der Waals surface area (Å²) >= 11 is 0. The Bertz CT molecular complexity index is 499. The molecule has 1 aliphatic heterocycles. The zero-order valence-electron chi connectivity index (χ0n) is 10.6. The zero-order valence-corrected chi connectivity index (χ0v) is 10.6. The first-order valence-electron chi connectivity index (χ1n) is 6.15. The van der Waals surface area contributed by atoms with E-state index < -0.39 is 22.4 Å². The Morgan fingerprint density at radius 3 is 2.50 bits per heavy atom. The molecule has 110 valence electrons. The number of rotatable bonds is 3. The molecule has 1 heterocycles. The molecule has 0 bridgehead atoms. The van der Waals surface area contributed by atoms with Crippen molar-refractivity contribution >= 4 is 5.69 Å². The van der Waals surface area contributed by atoms with Gasteiger partial charge in [-0.05, 0) is 5.56 Å². The second-order valence-corrected chi connectivity index (χ2v) is 4.62. The SMILES string of the molecule is O=[N+]([O-])c1ccc(CN2CCNCC2)c(C(F)(F)F)c1. The standard InChI is InChI=1S/C12H14F3N3O2/c13-12(14,15)11-7-10(18(19)20)2-1-9(11)8-17-5-3-16-4-6-17/h1-2,7,16H,3-6,8H2. The highest BCUT2D eigenvalue weighted by molar-refractivity contribution is 5.41. The van der Waals surface area contributed by atoms with Crippen LogP contribution in [-0.2, 0) is 12.7 Å². The first-order valence-corrected chi connectivity index (χ1v) is 6.15. The molecule has 8 heteroatoms. The third kappa shape index (κ3) is 3.45. The second-order valence-electron chi connectivity index (χ2n) is 4.62. The van der Waals surface area contributed by atoms with Crippen LogP contribution in [0.25, 0.3) is 0 Å². The Morgan fingerprint density at radius 1 is 1.30 bits per heavy atom. The maximum atomic E-state index is 13.0. The Morgan fingerprint density at radius 2 is 1.95 bits per heavy atom. The van der Waals surface area contributed by atoms with Gasteiger partial charge in [-0.2, -0.15) is 13.2 Å². The number of piperazine rings is 1. The lowest BCUT2D eigenvalue weighted by atomic mass is 10.1. The molecular weight excluding hydrogens is 275 g/mol. The van der Waals surface area contributed by atoms with E-state index in [1.54, 1.807) is 0 Å². The molecule has 1 fully saturated rings. The average molecular weight is 289 g/mol. The van der Waals surface area contributed by atoms with Crippen LogP contribution >= 0.6 is 0 Å². The van der Waals surface area contributed by atoms with Crippen molar-refractivity contribution in [1.29, 1.82) is 0 Å². The molecule has 2 rings (SSSR count). The van der Waals surface area contributed by atoms with Crippen molar-refractivity contribution in [2.75, 3.05) is 26.2 Å². The van der Waals surface area contributed by atoms with Crippen molar-refractivity contribution in [1.82, 2.24) is 10.2 Å². The summed E-state index contributed by atoms with van der Waals surface area (Å²) in [4.78, 5) is 11.7. The first kappa shape index (κ1) is 14.7. The average Bonchev–Trinajstić information content (AvgIpc) is 2.39. The summed E-state index contributed by atoms with van der Waals surface area (Å²) in [6.45, 7) is 2.93. The van der Waals surface area contributed by atoms with Gasteiger partial charge in [-0.3, -0.25) is 15.0 Å². The minimum Gasteiger partial charge on any atom is -0.314 e. The van der Waals surface area contributed by atoms with Crippen LogP contribution in [0.1, 0.15) is 11.1 Å². The maximum Gasteiger partial charge on any atom is 0.416 e. The molecule has 0 unspecified atom stereocenters. The van der Waals surface area contributed by atoms with E-state index in [0.717, 1.165) is 19.2 Å². The summed E-state index contributed by atoms with van der Waals surface area (Å²) in [5.74, 6) is 0. The molecule has 1 saturated heterocycles. The fourth-order valence-corrected chi connectivity index (χ4v) is 2.19. The van der Waals surface area contributed by atoms with Crippen LogP contribution in [0, 0.1) is 10.1 Å². The normalized spacial score (nSPS) is 17.1. The van der Waals surface area contributed by atoms with Crippen molar-refractivity contribution in [2.24, 2.45) is 0 Å². The fourth-order valence-electron chi connectivity index (χ4n) is 2.19. The van der Waals surface area contributed by atoms with Gasteiger partial charge in [0, 0.05) is 44.9 Å². The van der Waals surface area contributed by atoms with E-state index in [2.05, 4.69) is 5.32 Å². The van der Waals surface area contributed by atoms with E-state index in [1.165, 1.54) is 6.07 Å². The van der Waals surface area contributed by atoms with E-state index in [9.17, 15) is 23.3 Å². The molecule has 0 spiro atoms. The molecule has 1 aromatic carbocycles. The number of hydrogen-bond acceptors (Lipinski definition) is 4. The molecule has 0 radical (unpaired) electrons. The minimum atomic E-state index is -4.59. The summed E-state index contributed by atoms with van der Waals surface area (Å²) in [7, 11) is 0. The van der Waals surface area contributed by atoms with Crippen LogP contribution in [0.3, 0.4) is 0 Å². The second kappa shape index (κ2) is 5.76. The summed E-state index contributed by atoms with van der Waals surface area (Å²) in [6.07, 6.45) is -4.59. The summed E-state index contributed by atoms with van der Waals surface area (Å²) in [5, 5.41) is 13.7. The first-order chi connectivity index (χ1) is 9.38. The molecule has 0 atom stereocenters. The van der Waals surface area contributed by atoms with Gasteiger partial charge < -0.3 is 5.32 Å². The van der Waals surface area contributed by atoms with Crippen LogP contribution in [0.5, 0.6) is 0 Å². The van der Waals surface area contributed by atoms with E-state index >= 15 is 0 Å². The van der Waals surface area contributed by atoms with Crippen molar-refractivity contribution in [3.63, 3.8) is 0 Å². The predicted molar refractivity (Wildman–Crippen MR) is 66.2 cm³/mol. The molecule has 1 N–H and O–H groups in total. The smallest absolute Gasteiger partial charge is 0.314 e. The number of nitrogens with one attached hydrogen (secondary N) is 1. The Kier molecular flexibility index (Phi) is 4.24. The van der Waals surface area contributed by atoms with Crippen LogP contribution < -0.4 is 5.32 Å². The van der Waals surface area contributed by atoms with Crippen LogP contribution in [0.15, 0.2) is 18.2 Å². The van der Waals surface area contributed by atoms with Crippen LogP contribution in [0.4, 0.5) is 18.9 Å². The van der Waals surface area contributed by atoms with Crippen molar-refractivity contribution in [3.05, 3.63) is 39.4 Å². The number of hydrogen-bond donors (Lipinski definition) is 1. The van der Waals surface area contributed by atoms with Gasteiger partial charge >= 0.3 is 6.18 Å². The Labute approximate surface area is 113 Å². The molecule has 5 nitrogen and oxygen atoms in total. The van der Waals surface area contributed by atoms with E-state index in [0.29, 0.717) is 19.2 Å². The van der Waals surface area contributed by atoms with Crippen molar-refractivity contribution in [3.8, 4) is 0 Å². The molecule has 0 amide bonds. The summed E-state index contributed by atoms with van der Waals surface area (Å²) in [6, 6.07) is 2.92. The van der Waals surface area contributed by atoms with Gasteiger partial charge in [0.15, 0.2) is 0 Å². The predicted octanol–water partition coefficient (Wildman–Crippen LogP) is 2.02. The number of nitrogens with zero attached hydrogens (tertiary/aromatic N) is 2. The quantitative estimate of drug-likeness (QED) is 0.683. The molecule has 1 aromatic rings. The number of halogens is 3. The van der Waals surface area contributed by atoms with Gasteiger partial charge in [-0.15, -0.1) is 0 Å². The van der Waals surface area contributed by atoms with Crippen LogP contribution in [0.2, 0.25) is 0 Å². The van der Waals surface area contributed by atoms with Gasteiger partial charge in [0.05, 0.1) is 10.5 Å². The zero-order chi connectivity index (χ0) is 14.8. The number of benzene rings is 1. The highest BCUT2D eigenvalue weighted by atomic mass is 19.4. The molecule has 20 heavy (non-hydrogen) atoms. The lowest BCUT2D eigenvalue weighted by molar-refractivity contribution is -0.385.